The van der Waals surface area contributed by atoms with Crippen molar-refractivity contribution < 1.29 is 0 Å². The first-order valence-corrected chi connectivity index (χ1v) is 6.58. The zero-order chi connectivity index (χ0) is 13.0. The third-order valence-electron chi connectivity index (χ3n) is 2.98. The summed E-state index contributed by atoms with van der Waals surface area (Å²) in [6.07, 6.45) is 4.94. The Morgan fingerprint density at radius 3 is 2.83 bits per heavy atom. The summed E-state index contributed by atoms with van der Waals surface area (Å²) in [4.78, 5) is 4.47. The Bertz CT molecular complexity index is 507. The van der Waals surface area contributed by atoms with Gasteiger partial charge in [0.25, 0.3) is 0 Å². The van der Waals surface area contributed by atoms with Gasteiger partial charge in [-0.25, -0.2) is 4.98 Å². The molecule has 4 heteroatoms. The number of imidazole rings is 1. The van der Waals surface area contributed by atoms with Crippen LogP contribution in [0.4, 0.5) is 0 Å². The normalized spacial score (nSPS) is 12.6. The van der Waals surface area contributed by atoms with E-state index in [-0.39, 0.29) is 6.04 Å². The van der Waals surface area contributed by atoms with E-state index in [1.54, 1.807) is 0 Å². The molecule has 1 heterocycles. The third-order valence-corrected chi connectivity index (χ3v) is 3.32. The Kier molecular flexibility index (Phi) is 4.39. The van der Waals surface area contributed by atoms with E-state index in [4.69, 9.17) is 11.6 Å². The SMILES string of the molecule is CCCn1ccnc1C(NC)c1ccccc1Cl. The molecule has 1 atom stereocenters. The molecule has 2 rings (SSSR count). The number of nitrogens with zero attached hydrogens (tertiary/aromatic N) is 2. The fourth-order valence-electron chi connectivity index (χ4n) is 2.14. The third kappa shape index (κ3) is 2.57. The molecule has 0 spiro atoms. The Labute approximate surface area is 113 Å². The van der Waals surface area contributed by atoms with E-state index in [0.29, 0.717) is 0 Å². The van der Waals surface area contributed by atoms with Crippen LogP contribution in [-0.2, 0) is 6.54 Å². The van der Waals surface area contributed by atoms with Gasteiger partial charge >= 0.3 is 0 Å². The molecule has 0 radical (unpaired) electrons. The van der Waals surface area contributed by atoms with Crippen LogP contribution in [0.25, 0.3) is 0 Å². The molecule has 2 aromatic rings. The van der Waals surface area contributed by atoms with Gasteiger partial charge in [0.2, 0.25) is 0 Å². The average molecular weight is 264 g/mol. The van der Waals surface area contributed by atoms with Gasteiger partial charge in [0.15, 0.2) is 0 Å². The second-order valence-electron chi connectivity index (χ2n) is 4.22. The minimum absolute atomic E-state index is 0.0280. The molecule has 18 heavy (non-hydrogen) atoms. The van der Waals surface area contributed by atoms with Crippen molar-refractivity contribution in [2.24, 2.45) is 0 Å². The topological polar surface area (TPSA) is 29.9 Å². The summed E-state index contributed by atoms with van der Waals surface area (Å²) in [5.74, 6) is 1.01. The van der Waals surface area contributed by atoms with Crippen LogP contribution < -0.4 is 5.32 Å². The minimum Gasteiger partial charge on any atom is -0.333 e. The lowest BCUT2D eigenvalue weighted by Gasteiger charge is -2.19. The van der Waals surface area contributed by atoms with E-state index in [1.165, 1.54) is 0 Å². The Morgan fingerprint density at radius 2 is 2.17 bits per heavy atom. The molecule has 96 valence electrons. The fraction of sp³-hybridized carbons (Fsp3) is 0.357. The van der Waals surface area contributed by atoms with Crippen molar-refractivity contribution in [3.63, 3.8) is 0 Å². The molecule has 0 saturated carbocycles. The standard InChI is InChI=1S/C14H18ClN3/c1-3-9-18-10-8-17-14(18)13(16-2)11-6-4-5-7-12(11)15/h4-8,10,13,16H,3,9H2,1-2H3. The van der Waals surface area contributed by atoms with Gasteiger partial charge in [0, 0.05) is 24.0 Å². The molecule has 0 aliphatic rings. The predicted octanol–water partition coefficient (Wildman–Crippen LogP) is 3.26. The molecule has 0 aliphatic carbocycles. The summed E-state index contributed by atoms with van der Waals surface area (Å²) in [6.45, 7) is 3.13. The molecule has 1 N–H and O–H groups in total. The first-order chi connectivity index (χ1) is 8.77. The zero-order valence-electron chi connectivity index (χ0n) is 10.7. The number of benzene rings is 1. The van der Waals surface area contributed by atoms with Crippen LogP contribution in [0.15, 0.2) is 36.7 Å². The molecule has 0 fully saturated rings. The number of halogens is 1. The van der Waals surface area contributed by atoms with Gasteiger partial charge in [-0.15, -0.1) is 0 Å². The molecular weight excluding hydrogens is 246 g/mol. The second-order valence-corrected chi connectivity index (χ2v) is 4.63. The van der Waals surface area contributed by atoms with Gasteiger partial charge < -0.3 is 9.88 Å². The molecule has 3 nitrogen and oxygen atoms in total. The van der Waals surface area contributed by atoms with E-state index >= 15 is 0 Å². The van der Waals surface area contributed by atoms with Gasteiger partial charge in [0.05, 0.1) is 6.04 Å². The smallest absolute Gasteiger partial charge is 0.130 e. The summed E-state index contributed by atoms with van der Waals surface area (Å²) in [6, 6.07) is 7.92. The van der Waals surface area contributed by atoms with E-state index < -0.39 is 0 Å². The molecule has 1 unspecified atom stereocenters. The maximum atomic E-state index is 6.27. The Morgan fingerprint density at radius 1 is 1.39 bits per heavy atom. The van der Waals surface area contributed by atoms with Crippen LogP contribution in [0.5, 0.6) is 0 Å². The number of rotatable bonds is 5. The van der Waals surface area contributed by atoms with Crippen molar-refractivity contribution in [1.29, 1.82) is 0 Å². The molecule has 0 bridgehead atoms. The van der Waals surface area contributed by atoms with Crippen LogP contribution in [0, 0.1) is 0 Å². The quantitative estimate of drug-likeness (QED) is 0.897. The van der Waals surface area contributed by atoms with Crippen molar-refractivity contribution >= 4 is 11.6 Å². The summed E-state index contributed by atoms with van der Waals surface area (Å²) in [5.41, 5.74) is 1.06. The lowest BCUT2D eigenvalue weighted by atomic mass is 10.1. The fourth-order valence-corrected chi connectivity index (χ4v) is 2.39. The maximum absolute atomic E-state index is 6.27. The van der Waals surface area contributed by atoms with E-state index in [0.717, 1.165) is 29.4 Å². The van der Waals surface area contributed by atoms with E-state index in [9.17, 15) is 0 Å². The lowest BCUT2D eigenvalue weighted by molar-refractivity contribution is 0.568. The average Bonchev–Trinajstić information content (AvgIpc) is 2.82. The number of aromatic nitrogens is 2. The largest absolute Gasteiger partial charge is 0.333 e. The van der Waals surface area contributed by atoms with Gasteiger partial charge in [-0.05, 0) is 25.1 Å². The van der Waals surface area contributed by atoms with Gasteiger partial charge in [-0.1, -0.05) is 36.7 Å². The first-order valence-electron chi connectivity index (χ1n) is 6.20. The van der Waals surface area contributed by atoms with Crippen LogP contribution >= 0.6 is 11.6 Å². The highest BCUT2D eigenvalue weighted by atomic mass is 35.5. The summed E-state index contributed by atoms with van der Waals surface area (Å²) in [5, 5.41) is 4.06. The monoisotopic (exact) mass is 263 g/mol. The van der Waals surface area contributed by atoms with Gasteiger partial charge in [0.1, 0.15) is 5.82 Å². The highest BCUT2D eigenvalue weighted by Gasteiger charge is 2.19. The highest BCUT2D eigenvalue weighted by Crippen LogP contribution is 2.27. The zero-order valence-corrected chi connectivity index (χ0v) is 11.5. The summed E-state index contributed by atoms with van der Waals surface area (Å²) in [7, 11) is 1.93. The Balaban J connectivity index is 2.39. The van der Waals surface area contributed by atoms with Crippen molar-refractivity contribution in [2.45, 2.75) is 25.9 Å². The molecule has 1 aromatic carbocycles. The van der Waals surface area contributed by atoms with E-state index in [1.807, 2.05) is 43.7 Å². The van der Waals surface area contributed by atoms with Gasteiger partial charge in [-0.3, -0.25) is 0 Å². The molecule has 0 aliphatic heterocycles. The highest BCUT2D eigenvalue weighted by molar-refractivity contribution is 6.31. The predicted molar refractivity (Wildman–Crippen MR) is 74.9 cm³/mol. The van der Waals surface area contributed by atoms with Gasteiger partial charge in [-0.2, -0.15) is 0 Å². The first kappa shape index (κ1) is 13.1. The van der Waals surface area contributed by atoms with E-state index in [2.05, 4.69) is 21.8 Å². The summed E-state index contributed by atoms with van der Waals surface area (Å²) >= 11 is 6.27. The van der Waals surface area contributed by atoms with Crippen molar-refractivity contribution in [3.8, 4) is 0 Å². The van der Waals surface area contributed by atoms with Crippen molar-refractivity contribution in [2.75, 3.05) is 7.05 Å². The number of aryl methyl sites for hydroxylation is 1. The van der Waals surface area contributed by atoms with Crippen LogP contribution in [0.2, 0.25) is 5.02 Å². The Hall–Kier alpha value is -1.32. The number of hydrogen-bond donors (Lipinski definition) is 1. The van der Waals surface area contributed by atoms with Crippen LogP contribution in [-0.4, -0.2) is 16.6 Å². The van der Waals surface area contributed by atoms with Crippen molar-refractivity contribution in [1.82, 2.24) is 14.9 Å². The molecule has 0 amide bonds. The lowest BCUT2D eigenvalue weighted by Crippen LogP contribution is -2.22. The summed E-state index contributed by atoms with van der Waals surface area (Å²) < 4.78 is 2.17. The molecule has 0 saturated heterocycles. The second kappa shape index (κ2) is 6.03. The number of nitrogens with one attached hydrogen (secondary N) is 1. The molecule has 1 aromatic heterocycles. The number of hydrogen-bond acceptors (Lipinski definition) is 2. The van der Waals surface area contributed by atoms with Crippen LogP contribution in [0.3, 0.4) is 0 Å². The maximum Gasteiger partial charge on any atom is 0.130 e. The molecular formula is C14H18ClN3. The minimum atomic E-state index is 0.0280. The van der Waals surface area contributed by atoms with Crippen molar-refractivity contribution in [3.05, 3.63) is 53.1 Å². The van der Waals surface area contributed by atoms with Crippen LogP contribution in [0.1, 0.15) is 30.8 Å².